The van der Waals surface area contributed by atoms with E-state index in [4.69, 9.17) is 14.6 Å². The van der Waals surface area contributed by atoms with Crippen molar-refractivity contribution >= 4 is 21.9 Å². The third kappa shape index (κ3) is 7.01. The fourth-order valence-corrected chi connectivity index (χ4v) is 2.74. The molecule has 0 fully saturated rings. The Balaban J connectivity index is 2.71. The molecular formula is C17H26N2O6S. The maximum absolute atomic E-state index is 12.2. The van der Waals surface area contributed by atoms with E-state index in [2.05, 4.69) is 19.2 Å². The third-order valence-corrected chi connectivity index (χ3v) is 4.55. The van der Waals surface area contributed by atoms with Crippen LogP contribution in [0.2, 0.25) is 0 Å². The van der Waals surface area contributed by atoms with Crippen LogP contribution in [0.15, 0.2) is 23.1 Å². The van der Waals surface area contributed by atoms with E-state index in [0.29, 0.717) is 5.92 Å². The first-order valence-electron chi connectivity index (χ1n) is 8.22. The lowest BCUT2D eigenvalue weighted by molar-refractivity contribution is -0.124. The highest BCUT2D eigenvalue weighted by atomic mass is 32.2. The molecule has 0 bridgehead atoms. The molecule has 8 nitrogen and oxygen atoms in total. The van der Waals surface area contributed by atoms with Gasteiger partial charge in [-0.3, -0.25) is 4.79 Å². The normalized spacial score (nSPS) is 12.5. The van der Waals surface area contributed by atoms with Gasteiger partial charge in [0.2, 0.25) is 10.0 Å². The van der Waals surface area contributed by atoms with E-state index < -0.39 is 28.5 Å². The van der Waals surface area contributed by atoms with Crippen LogP contribution in [0.1, 0.15) is 44.0 Å². The zero-order valence-electron chi connectivity index (χ0n) is 15.4. The highest BCUT2D eigenvalue weighted by Crippen LogP contribution is 2.22. The number of nitrogens with two attached hydrogens (primary N) is 1. The van der Waals surface area contributed by atoms with Crippen molar-refractivity contribution in [2.24, 2.45) is 11.1 Å². The molecule has 1 aromatic carbocycles. The Hall–Kier alpha value is -2.13. The average Bonchev–Trinajstić information content (AvgIpc) is 2.56. The molecule has 0 unspecified atom stereocenters. The van der Waals surface area contributed by atoms with Gasteiger partial charge >= 0.3 is 5.97 Å². The van der Waals surface area contributed by atoms with E-state index in [1.165, 1.54) is 19.2 Å². The fourth-order valence-electron chi connectivity index (χ4n) is 2.20. The Kier molecular flexibility index (Phi) is 8.04. The zero-order valence-corrected chi connectivity index (χ0v) is 16.3. The van der Waals surface area contributed by atoms with Crippen LogP contribution in [0, 0.1) is 5.92 Å². The molecule has 0 saturated heterocycles. The monoisotopic (exact) mass is 386 g/mol. The van der Waals surface area contributed by atoms with Gasteiger partial charge in [0.05, 0.1) is 12.0 Å². The van der Waals surface area contributed by atoms with Gasteiger partial charge in [-0.2, -0.15) is 0 Å². The SMILES string of the molecule is COc1ccc(S(N)(=O)=O)cc1C(=O)OCC(=O)N[C@H](C)CCC(C)C. The van der Waals surface area contributed by atoms with Gasteiger partial charge in [0.1, 0.15) is 11.3 Å². The minimum absolute atomic E-state index is 0.0381. The second-order valence-corrected chi connectivity index (χ2v) is 7.98. The van der Waals surface area contributed by atoms with E-state index in [9.17, 15) is 18.0 Å². The number of nitrogens with one attached hydrogen (secondary N) is 1. The molecule has 9 heteroatoms. The van der Waals surface area contributed by atoms with Crippen molar-refractivity contribution in [3.05, 3.63) is 23.8 Å². The van der Waals surface area contributed by atoms with Crippen LogP contribution >= 0.6 is 0 Å². The number of benzene rings is 1. The van der Waals surface area contributed by atoms with Crippen LogP contribution in [-0.2, 0) is 19.6 Å². The van der Waals surface area contributed by atoms with Gasteiger partial charge in [0.25, 0.3) is 5.91 Å². The number of sulfonamides is 1. The van der Waals surface area contributed by atoms with Gasteiger partial charge in [0, 0.05) is 6.04 Å². The third-order valence-electron chi connectivity index (χ3n) is 3.64. The molecule has 0 aliphatic heterocycles. The molecule has 26 heavy (non-hydrogen) atoms. The lowest BCUT2D eigenvalue weighted by Gasteiger charge is -2.15. The number of hydrogen-bond acceptors (Lipinski definition) is 6. The Morgan fingerprint density at radius 1 is 1.19 bits per heavy atom. The molecule has 0 radical (unpaired) electrons. The quantitative estimate of drug-likeness (QED) is 0.619. The molecule has 0 spiro atoms. The lowest BCUT2D eigenvalue weighted by atomic mass is 10.0. The topological polar surface area (TPSA) is 125 Å². The predicted octanol–water partition coefficient (Wildman–Crippen LogP) is 1.44. The Morgan fingerprint density at radius 3 is 2.38 bits per heavy atom. The van der Waals surface area contributed by atoms with Crippen molar-refractivity contribution in [1.29, 1.82) is 0 Å². The van der Waals surface area contributed by atoms with Gasteiger partial charge in [-0.15, -0.1) is 0 Å². The number of amides is 1. The Bertz CT molecular complexity index is 746. The fraction of sp³-hybridized carbons (Fsp3) is 0.529. The summed E-state index contributed by atoms with van der Waals surface area (Å²) >= 11 is 0. The maximum Gasteiger partial charge on any atom is 0.342 e. The van der Waals surface area contributed by atoms with Crippen molar-refractivity contribution in [2.75, 3.05) is 13.7 Å². The molecular weight excluding hydrogens is 360 g/mol. The number of primary sulfonamides is 1. The molecule has 0 aliphatic rings. The van der Waals surface area contributed by atoms with Gasteiger partial charge in [-0.25, -0.2) is 18.4 Å². The molecule has 3 N–H and O–H groups in total. The number of carbonyl (C=O) groups excluding carboxylic acids is 2. The number of methoxy groups -OCH3 is 1. The standard InChI is InChI=1S/C17H26N2O6S/c1-11(2)5-6-12(3)19-16(20)10-25-17(21)14-9-13(26(18,22)23)7-8-15(14)24-4/h7-9,11-12H,5-6,10H2,1-4H3,(H,19,20)(H2,18,22,23)/t12-/m1/s1. The van der Waals surface area contributed by atoms with E-state index in [0.717, 1.165) is 18.9 Å². The largest absolute Gasteiger partial charge is 0.496 e. The van der Waals surface area contributed by atoms with Crippen LogP contribution in [0.3, 0.4) is 0 Å². The van der Waals surface area contributed by atoms with Crippen LogP contribution < -0.4 is 15.2 Å². The molecule has 0 heterocycles. The summed E-state index contributed by atoms with van der Waals surface area (Å²) in [5.74, 6) is -0.660. The van der Waals surface area contributed by atoms with Crippen molar-refractivity contribution in [2.45, 2.75) is 44.6 Å². The number of rotatable bonds is 9. The van der Waals surface area contributed by atoms with Crippen molar-refractivity contribution in [3.63, 3.8) is 0 Å². The number of ether oxygens (including phenoxy) is 2. The molecule has 1 rings (SSSR count). The van der Waals surface area contributed by atoms with Crippen LogP contribution in [-0.4, -0.2) is 40.1 Å². The van der Waals surface area contributed by atoms with Crippen molar-refractivity contribution in [3.8, 4) is 5.75 Å². The summed E-state index contributed by atoms with van der Waals surface area (Å²) in [6.45, 7) is 5.59. The van der Waals surface area contributed by atoms with Gasteiger partial charge in [-0.05, 0) is 43.9 Å². The minimum atomic E-state index is -3.99. The summed E-state index contributed by atoms with van der Waals surface area (Å²) in [7, 11) is -2.66. The van der Waals surface area contributed by atoms with Gasteiger partial charge < -0.3 is 14.8 Å². The summed E-state index contributed by atoms with van der Waals surface area (Å²) in [6.07, 6.45) is 1.79. The lowest BCUT2D eigenvalue weighted by Crippen LogP contribution is -2.36. The van der Waals surface area contributed by atoms with Gasteiger partial charge in [-0.1, -0.05) is 13.8 Å². The first-order chi connectivity index (χ1) is 12.0. The average molecular weight is 386 g/mol. The Morgan fingerprint density at radius 2 is 1.85 bits per heavy atom. The van der Waals surface area contributed by atoms with Crippen LogP contribution in [0.25, 0.3) is 0 Å². The van der Waals surface area contributed by atoms with Crippen molar-refractivity contribution < 1.29 is 27.5 Å². The molecule has 1 atom stereocenters. The molecule has 146 valence electrons. The second kappa shape index (κ2) is 9.54. The summed E-state index contributed by atoms with van der Waals surface area (Å²) in [5.41, 5.74) is -0.125. The summed E-state index contributed by atoms with van der Waals surface area (Å²) in [4.78, 5) is 23.8. The van der Waals surface area contributed by atoms with Crippen LogP contribution in [0.4, 0.5) is 0 Å². The van der Waals surface area contributed by atoms with Gasteiger partial charge in [0.15, 0.2) is 6.61 Å². The smallest absolute Gasteiger partial charge is 0.342 e. The van der Waals surface area contributed by atoms with E-state index >= 15 is 0 Å². The molecule has 1 amide bonds. The summed E-state index contributed by atoms with van der Waals surface area (Å²) in [6, 6.07) is 3.53. The first kappa shape index (κ1) is 21.9. The van der Waals surface area contributed by atoms with E-state index in [-0.39, 0.29) is 22.3 Å². The molecule has 0 aliphatic carbocycles. The molecule has 0 saturated carbocycles. The van der Waals surface area contributed by atoms with Crippen molar-refractivity contribution in [1.82, 2.24) is 5.32 Å². The maximum atomic E-state index is 12.2. The summed E-state index contributed by atoms with van der Waals surface area (Å²) < 4.78 is 32.8. The predicted molar refractivity (Wildman–Crippen MR) is 96.3 cm³/mol. The highest BCUT2D eigenvalue weighted by Gasteiger charge is 2.19. The minimum Gasteiger partial charge on any atom is -0.496 e. The highest BCUT2D eigenvalue weighted by molar-refractivity contribution is 7.89. The molecule has 0 aromatic heterocycles. The number of carbonyl (C=O) groups is 2. The first-order valence-corrected chi connectivity index (χ1v) is 9.76. The van der Waals surface area contributed by atoms with E-state index in [1.807, 2.05) is 6.92 Å². The molecule has 1 aromatic rings. The van der Waals surface area contributed by atoms with E-state index in [1.54, 1.807) is 0 Å². The number of esters is 1. The zero-order chi connectivity index (χ0) is 19.9. The Labute approximate surface area is 154 Å². The number of hydrogen-bond donors (Lipinski definition) is 2. The summed E-state index contributed by atoms with van der Waals surface area (Å²) in [5, 5.41) is 7.80. The second-order valence-electron chi connectivity index (χ2n) is 6.42. The van der Waals surface area contributed by atoms with Crippen LogP contribution in [0.5, 0.6) is 5.75 Å².